The zero-order chi connectivity index (χ0) is 17.5. The summed E-state index contributed by atoms with van der Waals surface area (Å²) in [5.41, 5.74) is -0.799. The van der Waals surface area contributed by atoms with E-state index < -0.39 is 20.5 Å². The Kier molecular flexibility index (Phi) is 3.76. The summed E-state index contributed by atoms with van der Waals surface area (Å²) in [4.78, 5) is 10.4. The quantitative estimate of drug-likeness (QED) is 0.592. The van der Waals surface area contributed by atoms with E-state index >= 15 is 0 Å². The van der Waals surface area contributed by atoms with E-state index in [1.54, 1.807) is 13.8 Å². The van der Waals surface area contributed by atoms with Gasteiger partial charge in [0.05, 0.1) is 9.82 Å². The first-order valence-electron chi connectivity index (χ1n) is 7.08. The van der Waals surface area contributed by atoms with Gasteiger partial charge >= 0.3 is 6.01 Å². The molecule has 0 spiro atoms. The van der Waals surface area contributed by atoms with Crippen LogP contribution in [0.15, 0.2) is 27.5 Å². The van der Waals surface area contributed by atoms with Gasteiger partial charge in [-0.05, 0) is 31.9 Å². The Morgan fingerprint density at radius 1 is 1.33 bits per heavy atom. The second-order valence-corrected chi connectivity index (χ2v) is 7.54. The summed E-state index contributed by atoms with van der Waals surface area (Å²) in [6.07, 6.45) is 1.51. The van der Waals surface area contributed by atoms with Gasteiger partial charge in [-0.2, -0.15) is 0 Å². The molecule has 2 aromatic rings. The SMILES string of the molecule is Cc1nnc(Nc2cc(S(=O)(=O)NC3(C)CC3)ccc2[N+](=O)[O-])o1. The van der Waals surface area contributed by atoms with Crippen molar-refractivity contribution < 1.29 is 17.8 Å². The van der Waals surface area contributed by atoms with Crippen molar-refractivity contribution in [1.82, 2.24) is 14.9 Å². The summed E-state index contributed by atoms with van der Waals surface area (Å²) in [5, 5.41) is 21.0. The van der Waals surface area contributed by atoms with Crippen LogP contribution in [0.3, 0.4) is 0 Å². The van der Waals surface area contributed by atoms with E-state index in [0.29, 0.717) is 0 Å². The van der Waals surface area contributed by atoms with Gasteiger partial charge in [0.15, 0.2) is 0 Å². The Hall–Kier alpha value is -2.53. The maximum absolute atomic E-state index is 12.4. The molecule has 1 heterocycles. The van der Waals surface area contributed by atoms with Gasteiger partial charge in [-0.15, -0.1) is 5.10 Å². The summed E-state index contributed by atoms with van der Waals surface area (Å²) in [7, 11) is -3.79. The van der Waals surface area contributed by atoms with Gasteiger partial charge in [0.1, 0.15) is 5.69 Å². The second-order valence-electron chi connectivity index (χ2n) is 5.85. The third kappa shape index (κ3) is 3.36. The number of sulfonamides is 1. The number of aryl methyl sites for hydroxylation is 1. The molecule has 1 aromatic carbocycles. The number of nitrogens with zero attached hydrogens (tertiary/aromatic N) is 3. The van der Waals surface area contributed by atoms with Crippen LogP contribution in [0.5, 0.6) is 0 Å². The van der Waals surface area contributed by atoms with E-state index in [-0.39, 0.29) is 28.2 Å². The van der Waals surface area contributed by atoms with Crippen LogP contribution in [0, 0.1) is 17.0 Å². The van der Waals surface area contributed by atoms with Gasteiger partial charge < -0.3 is 9.73 Å². The molecule has 1 aromatic heterocycles. The Bertz CT molecular complexity index is 903. The third-order valence-electron chi connectivity index (χ3n) is 3.62. The van der Waals surface area contributed by atoms with Crippen LogP contribution in [0.1, 0.15) is 25.7 Å². The fraction of sp³-hybridized carbons (Fsp3) is 0.385. The topological polar surface area (TPSA) is 140 Å². The van der Waals surface area contributed by atoms with Crippen LogP contribution in [-0.2, 0) is 10.0 Å². The molecule has 10 nitrogen and oxygen atoms in total. The minimum atomic E-state index is -3.79. The Morgan fingerprint density at radius 2 is 2.04 bits per heavy atom. The Morgan fingerprint density at radius 3 is 2.58 bits per heavy atom. The highest BCUT2D eigenvalue weighted by Crippen LogP contribution is 2.37. The van der Waals surface area contributed by atoms with Gasteiger partial charge in [0.25, 0.3) is 5.69 Å². The van der Waals surface area contributed by atoms with Crippen LogP contribution in [0.25, 0.3) is 0 Å². The number of rotatable bonds is 6. The normalized spacial score (nSPS) is 15.9. The number of aromatic nitrogens is 2. The van der Waals surface area contributed by atoms with Crippen molar-refractivity contribution >= 4 is 27.4 Å². The van der Waals surface area contributed by atoms with Crippen molar-refractivity contribution in [3.63, 3.8) is 0 Å². The van der Waals surface area contributed by atoms with Crippen molar-refractivity contribution in [1.29, 1.82) is 0 Å². The molecule has 1 saturated carbocycles. The fourth-order valence-electron chi connectivity index (χ4n) is 2.08. The zero-order valence-electron chi connectivity index (χ0n) is 12.9. The van der Waals surface area contributed by atoms with Gasteiger partial charge in [-0.3, -0.25) is 10.1 Å². The van der Waals surface area contributed by atoms with Crippen LogP contribution in [0.2, 0.25) is 0 Å². The van der Waals surface area contributed by atoms with Crippen LogP contribution in [-0.4, -0.2) is 29.1 Å². The van der Waals surface area contributed by atoms with Crippen molar-refractivity contribution in [2.75, 3.05) is 5.32 Å². The Labute approximate surface area is 137 Å². The number of benzene rings is 1. The number of hydrogen-bond donors (Lipinski definition) is 2. The molecular weight excluding hydrogens is 338 g/mol. The number of hydrogen-bond acceptors (Lipinski definition) is 8. The highest BCUT2D eigenvalue weighted by atomic mass is 32.2. The highest BCUT2D eigenvalue weighted by molar-refractivity contribution is 7.89. The lowest BCUT2D eigenvalue weighted by Crippen LogP contribution is -2.34. The lowest BCUT2D eigenvalue weighted by Gasteiger charge is -2.13. The van der Waals surface area contributed by atoms with E-state index in [0.717, 1.165) is 18.9 Å². The molecule has 0 bridgehead atoms. The molecule has 0 atom stereocenters. The molecule has 2 N–H and O–H groups in total. The summed E-state index contributed by atoms with van der Waals surface area (Å²) in [6, 6.07) is 3.42. The molecule has 0 radical (unpaired) electrons. The summed E-state index contributed by atoms with van der Waals surface area (Å²) in [6.45, 7) is 3.37. The predicted molar refractivity (Wildman–Crippen MR) is 83.4 cm³/mol. The number of nitrogens with one attached hydrogen (secondary N) is 2. The number of nitro groups is 1. The lowest BCUT2D eigenvalue weighted by atomic mass is 10.2. The summed E-state index contributed by atoms with van der Waals surface area (Å²) in [5.74, 6) is 0.271. The maximum atomic E-state index is 12.4. The lowest BCUT2D eigenvalue weighted by molar-refractivity contribution is -0.384. The van der Waals surface area contributed by atoms with Crippen molar-refractivity contribution in [2.24, 2.45) is 0 Å². The number of nitro benzene ring substituents is 1. The van der Waals surface area contributed by atoms with Crippen LogP contribution >= 0.6 is 0 Å². The van der Waals surface area contributed by atoms with E-state index in [9.17, 15) is 18.5 Å². The van der Waals surface area contributed by atoms with E-state index in [2.05, 4.69) is 20.2 Å². The van der Waals surface area contributed by atoms with E-state index in [1.165, 1.54) is 12.1 Å². The van der Waals surface area contributed by atoms with Crippen molar-refractivity contribution in [3.8, 4) is 0 Å². The molecule has 3 rings (SSSR count). The standard InChI is InChI=1S/C13H15N5O5S/c1-8-15-16-12(23-8)14-10-7-9(3-4-11(10)18(19)20)24(21,22)17-13(2)5-6-13/h3-4,7,17H,5-6H2,1-2H3,(H,14,16). The van der Waals surface area contributed by atoms with Crippen LogP contribution < -0.4 is 10.0 Å². The molecule has 1 fully saturated rings. The monoisotopic (exact) mass is 353 g/mol. The van der Waals surface area contributed by atoms with E-state index in [1.807, 2.05) is 0 Å². The first-order chi connectivity index (χ1) is 11.2. The minimum absolute atomic E-state index is 0.0486. The molecule has 1 aliphatic rings. The average molecular weight is 353 g/mol. The fourth-order valence-corrected chi connectivity index (χ4v) is 3.57. The largest absolute Gasteiger partial charge is 0.408 e. The summed E-state index contributed by atoms with van der Waals surface area (Å²) < 4.78 is 32.5. The molecule has 24 heavy (non-hydrogen) atoms. The first-order valence-corrected chi connectivity index (χ1v) is 8.56. The summed E-state index contributed by atoms with van der Waals surface area (Å²) >= 11 is 0. The average Bonchev–Trinajstić information content (AvgIpc) is 3.05. The van der Waals surface area contributed by atoms with E-state index in [4.69, 9.17) is 4.42 Å². The Balaban J connectivity index is 1.97. The van der Waals surface area contributed by atoms with Gasteiger partial charge in [0.2, 0.25) is 15.9 Å². The van der Waals surface area contributed by atoms with Gasteiger partial charge in [0, 0.05) is 18.5 Å². The second kappa shape index (κ2) is 5.53. The maximum Gasteiger partial charge on any atom is 0.320 e. The predicted octanol–water partition coefficient (Wildman–Crippen LogP) is 1.86. The van der Waals surface area contributed by atoms with Crippen LogP contribution in [0.4, 0.5) is 17.4 Å². The minimum Gasteiger partial charge on any atom is -0.408 e. The van der Waals surface area contributed by atoms with Crippen molar-refractivity contribution in [2.45, 2.75) is 37.1 Å². The molecule has 0 aliphatic heterocycles. The van der Waals surface area contributed by atoms with Gasteiger partial charge in [-0.1, -0.05) is 5.10 Å². The molecular formula is C13H15N5O5S. The molecule has 0 amide bonds. The molecule has 1 aliphatic carbocycles. The first kappa shape index (κ1) is 16.3. The van der Waals surface area contributed by atoms with Crippen molar-refractivity contribution in [3.05, 3.63) is 34.2 Å². The third-order valence-corrected chi connectivity index (χ3v) is 5.26. The molecule has 128 valence electrons. The number of anilines is 2. The highest BCUT2D eigenvalue weighted by Gasteiger charge is 2.41. The molecule has 0 saturated heterocycles. The molecule has 0 unspecified atom stereocenters. The molecule has 11 heteroatoms. The smallest absolute Gasteiger partial charge is 0.320 e. The van der Waals surface area contributed by atoms with Gasteiger partial charge in [-0.25, -0.2) is 13.1 Å². The zero-order valence-corrected chi connectivity index (χ0v) is 13.8.